The molecule has 3 N–H and O–H groups in total. The molecule has 3 heteroatoms. The van der Waals surface area contributed by atoms with Gasteiger partial charge < -0.3 is 10.8 Å². The molecule has 0 heterocycles. The molecule has 2 nitrogen and oxygen atoms in total. The van der Waals surface area contributed by atoms with Crippen LogP contribution in [-0.2, 0) is 0 Å². The number of rotatable bonds is 3. The monoisotopic (exact) mass is 243 g/mol. The predicted molar refractivity (Wildman–Crippen MR) is 57.6 cm³/mol. The average Bonchev–Trinajstić information content (AvgIpc) is 2.04. The lowest BCUT2D eigenvalue weighted by molar-refractivity contribution is 0.457. The summed E-state index contributed by atoms with van der Waals surface area (Å²) in [6.45, 7) is 2.08. The van der Waals surface area contributed by atoms with E-state index >= 15 is 0 Å². The summed E-state index contributed by atoms with van der Waals surface area (Å²) in [5, 5.41) is 9.58. The third-order valence-corrected chi connectivity index (χ3v) is 2.48. The summed E-state index contributed by atoms with van der Waals surface area (Å²) in [5.41, 5.74) is 6.71. The van der Waals surface area contributed by atoms with E-state index in [0.29, 0.717) is 0 Å². The smallest absolute Gasteiger partial charge is 0.121 e. The molecule has 0 radical (unpaired) electrons. The Balaban J connectivity index is 2.88. The number of halogens is 1. The first-order chi connectivity index (χ1) is 6.15. The molecule has 0 aliphatic rings. The zero-order chi connectivity index (χ0) is 9.84. The maximum absolute atomic E-state index is 9.58. The van der Waals surface area contributed by atoms with Gasteiger partial charge in [0.2, 0.25) is 0 Å². The molecule has 0 saturated heterocycles. The van der Waals surface area contributed by atoms with Crippen molar-refractivity contribution in [1.29, 1.82) is 0 Å². The molecule has 0 fully saturated rings. The van der Waals surface area contributed by atoms with Gasteiger partial charge in [0.25, 0.3) is 0 Å². The highest BCUT2D eigenvalue weighted by Gasteiger charge is 2.09. The van der Waals surface area contributed by atoms with Crippen LogP contribution < -0.4 is 5.73 Å². The lowest BCUT2D eigenvalue weighted by Crippen LogP contribution is -2.09. The van der Waals surface area contributed by atoms with Gasteiger partial charge >= 0.3 is 0 Å². The second-order valence-corrected chi connectivity index (χ2v) is 4.01. The van der Waals surface area contributed by atoms with E-state index in [9.17, 15) is 5.11 Å². The Morgan fingerprint density at radius 1 is 1.54 bits per heavy atom. The normalized spacial score (nSPS) is 12.8. The van der Waals surface area contributed by atoms with Crippen molar-refractivity contribution in [2.45, 2.75) is 25.8 Å². The molecule has 13 heavy (non-hydrogen) atoms. The van der Waals surface area contributed by atoms with E-state index in [1.165, 1.54) is 0 Å². The molecule has 1 unspecified atom stereocenters. The lowest BCUT2D eigenvalue weighted by Gasteiger charge is -2.12. The molecule has 72 valence electrons. The number of benzene rings is 1. The summed E-state index contributed by atoms with van der Waals surface area (Å²) < 4.78 is 0.873. The van der Waals surface area contributed by atoms with Crippen LogP contribution in [0.1, 0.15) is 31.4 Å². The molecular weight excluding hydrogens is 230 g/mol. The van der Waals surface area contributed by atoms with E-state index in [0.717, 1.165) is 22.9 Å². The van der Waals surface area contributed by atoms with Crippen LogP contribution in [0.15, 0.2) is 22.7 Å². The van der Waals surface area contributed by atoms with E-state index in [4.69, 9.17) is 5.73 Å². The van der Waals surface area contributed by atoms with E-state index in [1.807, 2.05) is 12.1 Å². The van der Waals surface area contributed by atoms with Gasteiger partial charge in [-0.15, -0.1) is 0 Å². The second kappa shape index (κ2) is 4.63. The van der Waals surface area contributed by atoms with Crippen molar-refractivity contribution in [3.05, 3.63) is 28.2 Å². The highest BCUT2D eigenvalue weighted by molar-refractivity contribution is 9.10. The Kier molecular flexibility index (Phi) is 3.75. The predicted octanol–water partition coefficient (Wildman–Crippen LogP) is 2.95. The minimum absolute atomic E-state index is 0.0573. The van der Waals surface area contributed by atoms with Gasteiger partial charge in [-0.25, -0.2) is 0 Å². The van der Waals surface area contributed by atoms with Crippen LogP contribution in [0.5, 0.6) is 5.75 Å². The van der Waals surface area contributed by atoms with Gasteiger partial charge in [0.05, 0.1) is 0 Å². The number of phenols is 1. The first-order valence-corrected chi connectivity index (χ1v) is 5.18. The summed E-state index contributed by atoms with van der Waals surface area (Å²) in [4.78, 5) is 0. The standard InChI is InChI=1S/C10H14BrNO/c1-2-3-9(12)8-5-4-7(11)6-10(8)13/h4-6,9,13H,2-3,12H2,1H3. The van der Waals surface area contributed by atoms with Crippen LogP contribution in [0.2, 0.25) is 0 Å². The van der Waals surface area contributed by atoms with Crippen LogP contribution in [0.3, 0.4) is 0 Å². The fraction of sp³-hybridized carbons (Fsp3) is 0.400. The van der Waals surface area contributed by atoms with Crippen molar-refractivity contribution in [2.24, 2.45) is 5.73 Å². The number of aromatic hydroxyl groups is 1. The topological polar surface area (TPSA) is 46.2 Å². The largest absolute Gasteiger partial charge is 0.508 e. The fourth-order valence-corrected chi connectivity index (χ4v) is 1.65. The number of hydrogen-bond acceptors (Lipinski definition) is 2. The molecule has 1 aromatic carbocycles. The maximum Gasteiger partial charge on any atom is 0.121 e. The molecule has 0 amide bonds. The van der Waals surface area contributed by atoms with Gasteiger partial charge in [-0.2, -0.15) is 0 Å². The molecule has 0 saturated carbocycles. The summed E-state index contributed by atoms with van der Waals surface area (Å²) in [7, 11) is 0. The molecular formula is C10H14BrNO. The van der Waals surface area contributed by atoms with Gasteiger partial charge in [0.15, 0.2) is 0 Å². The van der Waals surface area contributed by atoms with Crippen LogP contribution in [0, 0.1) is 0 Å². The first kappa shape index (κ1) is 10.5. The van der Waals surface area contributed by atoms with Gasteiger partial charge in [-0.3, -0.25) is 0 Å². The molecule has 0 spiro atoms. The maximum atomic E-state index is 9.58. The van der Waals surface area contributed by atoms with Gasteiger partial charge in [0, 0.05) is 16.1 Å². The number of hydrogen-bond donors (Lipinski definition) is 2. The van der Waals surface area contributed by atoms with Crippen molar-refractivity contribution in [3.63, 3.8) is 0 Å². The quantitative estimate of drug-likeness (QED) is 0.858. The number of nitrogens with two attached hydrogens (primary N) is 1. The van der Waals surface area contributed by atoms with E-state index in [1.54, 1.807) is 6.07 Å². The van der Waals surface area contributed by atoms with Crippen molar-refractivity contribution in [2.75, 3.05) is 0 Å². The zero-order valence-corrected chi connectivity index (χ0v) is 9.21. The molecule has 0 aromatic heterocycles. The molecule has 0 aliphatic heterocycles. The summed E-state index contributed by atoms with van der Waals surface area (Å²) >= 11 is 3.28. The van der Waals surface area contributed by atoms with Gasteiger partial charge in [-0.05, 0) is 18.6 Å². The molecule has 1 aromatic rings. The minimum atomic E-state index is -0.0573. The van der Waals surface area contributed by atoms with Crippen LogP contribution >= 0.6 is 15.9 Å². The highest BCUT2D eigenvalue weighted by Crippen LogP contribution is 2.28. The Morgan fingerprint density at radius 2 is 2.23 bits per heavy atom. The highest BCUT2D eigenvalue weighted by atomic mass is 79.9. The Morgan fingerprint density at radius 3 is 2.77 bits per heavy atom. The fourth-order valence-electron chi connectivity index (χ4n) is 1.30. The summed E-state index contributed by atoms with van der Waals surface area (Å²) in [5.74, 6) is 0.273. The van der Waals surface area contributed by atoms with Crippen LogP contribution in [0.4, 0.5) is 0 Å². The van der Waals surface area contributed by atoms with Crippen LogP contribution in [-0.4, -0.2) is 5.11 Å². The molecule has 0 aliphatic carbocycles. The Labute approximate surface area is 86.9 Å². The van der Waals surface area contributed by atoms with E-state index < -0.39 is 0 Å². The summed E-state index contributed by atoms with van der Waals surface area (Å²) in [6.07, 6.45) is 1.92. The van der Waals surface area contributed by atoms with E-state index in [2.05, 4.69) is 22.9 Å². The first-order valence-electron chi connectivity index (χ1n) is 4.39. The minimum Gasteiger partial charge on any atom is -0.508 e. The third kappa shape index (κ3) is 2.71. The lowest BCUT2D eigenvalue weighted by atomic mass is 10.0. The van der Waals surface area contributed by atoms with Crippen molar-refractivity contribution in [3.8, 4) is 5.75 Å². The van der Waals surface area contributed by atoms with Crippen molar-refractivity contribution >= 4 is 15.9 Å². The third-order valence-electron chi connectivity index (χ3n) is 1.99. The second-order valence-electron chi connectivity index (χ2n) is 3.10. The Bertz CT molecular complexity index is 288. The molecule has 1 rings (SSSR count). The Hall–Kier alpha value is -0.540. The van der Waals surface area contributed by atoms with E-state index in [-0.39, 0.29) is 11.8 Å². The zero-order valence-electron chi connectivity index (χ0n) is 7.63. The summed E-state index contributed by atoms with van der Waals surface area (Å²) in [6, 6.07) is 5.37. The van der Waals surface area contributed by atoms with Crippen molar-refractivity contribution in [1.82, 2.24) is 0 Å². The van der Waals surface area contributed by atoms with Gasteiger partial charge in [0.1, 0.15) is 5.75 Å². The van der Waals surface area contributed by atoms with Crippen LogP contribution in [0.25, 0.3) is 0 Å². The average molecular weight is 244 g/mol. The van der Waals surface area contributed by atoms with Gasteiger partial charge in [-0.1, -0.05) is 35.3 Å². The SMILES string of the molecule is CCCC(N)c1ccc(Br)cc1O. The molecule has 0 bridgehead atoms. The number of phenolic OH excluding ortho intramolecular Hbond substituents is 1. The molecule has 1 atom stereocenters. The van der Waals surface area contributed by atoms with Crippen molar-refractivity contribution < 1.29 is 5.11 Å².